The van der Waals surface area contributed by atoms with Gasteiger partial charge >= 0.3 is 18.0 Å². The summed E-state index contributed by atoms with van der Waals surface area (Å²) in [6, 6.07) is -1.83. The first kappa shape index (κ1) is 16.2. The summed E-state index contributed by atoms with van der Waals surface area (Å²) < 4.78 is 0. The summed E-state index contributed by atoms with van der Waals surface area (Å²) in [7, 11) is 0. The van der Waals surface area contributed by atoms with Crippen molar-refractivity contribution >= 4 is 18.0 Å². The van der Waals surface area contributed by atoms with E-state index in [4.69, 9.17) is 10.2 Å². The quantitative estimate of drug-likeness (QED) is 0.515. The highest BCUT2D eigenvalue weighted by Gasteiger charge is 2.21. The normalized spacial score (nSPS) is 13.4. The maximum absolute atomic E-state index is 11.5. The molecule has 4 N–H and O–H groups in total. The Morgan fingerprint density at radius 3 is 2.17 bits per heavy atom. The lowest BCUT2D eigenvalue weighted by Gasteiger charge is -2.17. The van der Waals surface area contributed by atoms with Crippen LogP contribution in [0.25, 0.3) is 0 Å². The number of urea groups is 1. The van der Waals surface area contributed by atoms with Crippen molar-refractivity contribution < 1.29 is 24.6 Å². The molecule has 0 heterocycles. The van der Waals surface area contributed by atoms with Crippen molar-refractivity contribution in [1.29, 1.82) is 0 Å². The number of rotatable bonds is 8. The summed E-state index contributed by atoms with van der Waals surface area (Å²) in [6.45, 7) is 3.79. The minimum atomic E-state index is -1.24. The van der Waals surface area contributed by atoms with Crippen molar-refractivity contribution in [2.45, 2.75) is 51.6 Å². The van der Waals surface area contributed by atoms with Gasteiger partial charge in [-0.05, 0) is 19.8 Å². The molecule has 0 spiro atoms. The van der Waals surface area contributed by atoms with E-state index in [-0.39, 0.29) is 18.9 Å². The summed E-state index contributed by atoms with van der Waals surface area (Å²) in [5.41, 5.74) is 0. The molecule has 0 aromatic heterocycles. The Morgan fingerprint density at radius 1 is 1.11 bits per heavy atom. The molecule has 2 atom stereocenters. The van der Waals surface area contributed by atoms with Gasteiger partial charge in [0.2, 0.25) is 0 Å². The van der Waals surface area contributed by atoms with Crippen LogP contribution >= 0.6 is 0 Å². The van der Waals surface area contributed by atoms with Crippen molar-refractivity contribution in [3.63, 3.8) is 0 Å². The molecule has 0 aliphatic carbocycles. The van der Waals surface area contributed by atoms with Gasteiger partial charge in [0.25, 0.3) is 0 Å². The van der Waals surface area contributed by atoms with E-state index >= 15 is 0 Å². The molecule has 0 radical (unpaired) electrons. The number of aliphatic carboxylic acids is 2. The first-order chi connectivity index (χ1) is 8.36. The SMILES string of the molecule is CCCC(C)NC(=O)NC(CCC(=O)O)C(=O)O. The smallest absolute Gasteiger partial charge is 0.326 e. The summed E-state index contributed by atoms with van der Waals surface area (Å²) in [6.07, 6.45) is 1.26. The lowest BCUT2D eigenvalue weighted by Crippen LogP contribution is -2.48. The standard InChI is InChI=1S/C11H20N2O5/c1-3-4-7(2)12-11(18)13-8(10(16)17)5-6-9(14)15/h7-8H,3-6H2,1-2H3,(H,14,15)(H,16,17)(H2,12,13,18). The monoisotopic (exact) mass is 260 g/mol. The Balaban J connectivity index is 4.19. The molecule has 0 aromatic carbocycles. The van der Waals surface area contributed by atoms with Crippen LogP contribution in [0.4, 0.5) is 4.79 Å². The van der Waals surface area contributed by atoms with Crippen LogP contribution in [0.2, 0.25) is 0 Å². The Labute approximate surface area is 106 Å². The summed E-state index contributed by atoms with van der Waals surface area (Å²) in [4.78, 5) is 32.6. The summed E-state index contributed by atoms with van der Waals surface area (Å²) in [5, 5.41) is 22.2. The number of carbonyl (C=O) groups is 3. The van der Waals surface area contributed by atoms with Gasteiger partial charge in [-0.3, -0.25) is 4.79 Å². The van der Waals surface area contributed by atoms with Crippen LogP contribution in [-0.2, 0) is 9.59 Å². The van der Waals surface area contributed by atoms with Crippen molar-refractivity contribution in [3.8, 4) is 0 Å². The van der Waals surface area contributed by atoms with Gasteiger partial charge in [-0.15, -0.1) is 0 Å². The topological polar surface area (TPSA) is 116 Å². The van der Waals surface area contributed by atoms with Crippen LogP contribution in [0.5, 0.6) is 0 Å². The van der Waals surface area contributed by atoms with Gasteiger partial charge in [0.15, 0.2) is 0 Å². The van der Waals surface area contributed by atoms with Crippen LogP contribution in [0.3, 0.4) is 0 Å². The Bertz CT molecular complexity index is 306. The zero-order chi connectivity index (χ0) is 14.1. The van der Waals surface area contributed by atoms with Crippen molar-refractivity contribution in [2.75, 3.05) is 0 Å². The number of nitrogens with one attached hydrogen (secondary N) is 2. The average molecular weight is 260 g/mol. The third-order valence-corrected chi connectivity index (χ3v) is 2.35. The fourth-order valence-corrected chi connectivity index (χ4v) is 1.45. The second-order valence-electron chi connectivity index (χ2n) is 4.13. The molecule has 0 saturated carbocycles. The number of hydrogen-bond acceptors (Lipinski definition) is 3. The molecule has 0 bridgehead atoms. The molecule has 0 rings (SSSR count). The van der Waals surface area contributed by atoms with E-state index < -0.39 is 24.0 Å². The minimum absolute atomic E-state index is 0.0519. The van der Waals surface area contributed by atoms with Crippen LogP contribution in [-0.4, -0.2) is 40.3 Å². The Kier molecular flexibility index (Phi) is 7.50. The third-order valence-electron chi connectivity index (χ3n) is 2.35. The van der Waals surface area contributed by atoms with E-state index in [1.165, 1.54) is 0 Å². The number of carboxylic acid groups (broad SMARTS) is 2. The van der Waals surface area contributed by atoms with Crippen LogP contribution in [0.15, 0.2) is 0 Å². The zero-order valence-corrected chi connectivity index (χ0v) is 10.6. The van der Waals surface area contributed by atoms with Gasteiger partial charge in [0, 0.05) is 12.5 Å². The highest BCUT2D eigenvalue weighted by atomic mass is 16.4. The average Bonchev–Trinajstić information content (AvgIpc) is 2.23. The maximum Gasteiger partial charge on any atom is 0.326 e. The number of carbonyl (C=O) groups excluding carboxylic acids is 1. The van der Waals surface area contributed by atoms with Crippen molar-refractivity contribution in [2.24, 2.45) is 0 Å². The Morgan fingerprint density at radius 2 is 1.72 bits per heavy atom. The molecule has 0 fully saturated rings. The van der Waals surface area contributed by atoms with Gasteiger partial charge in [-0.1, -0.05) is 13.3 Å². The minimum Gasteiger partial charge on any atom is -0.481 e. The molecule has 18 heavy (non-hydrogen) atoms. The summed E-state index contributed by atoms with van der Waals surface area (Å²) >= 11 is 0. The van der Waals surface area contributed by atoms with Gasteiger partial charge in [0.05, 0.1) is 0 Å². The molecule has 7 heteroatoms. The number of carboxylic acids is 2. The van der Waals surface area contributed by atoms with Gasteiger partial charge in [0.1, 0.15) is 6.04 Å². The van der Waals surface area contributed by atoms with Gasteiger partial charge in [-0.25, -0.2) is 9.59 Å². The van der Waals surface area contributed by atoms with Crippen LogP contribution in [0, 0.1) is 0 Å². The molecule has 0 saturated heterocycles. The molecule has 0 aliphatic rings. The molecule has 0 aliphatic heterocycles. The molecule has 104 valence electrons. The third kappa shape index (κ3) is 7.48. The number of amides is 2. The lowest BCUT2D eigenvalue weighted by molar-refractivity contribution is -0.140. The predicted molar refractivity (Wildman–Crippen MR) is 64.3 cm³/mol. The molecule has 7 nitrogen and oxygen atoms in total. The largest absolute Gasteiger partial charge is 0.481 e. The molecule has 2 unspecified atom stereocenters. The van der Waals surface area contributed by atoms with E-state index in [2.05, 4.69) is 10.6 Å². The van der Waals surface area contributed by atoms with E-state index in [0.29, 0.717) is 0 Å². The molecular formula is C11H20N2O5. The first-order valence-corrected chi connectivity index (χ1v) is 5.88. The second kappa shape index (κ2) is 8.32. The second-order valence-corrected chi connectivity index (χ2v) is 4.13. The van der Waals surface area contributed by atoms with Crippen molar-refractivity contribution in [3.05, 3.63) is 0 Å². The van der Waals surface area contributed by atoms with E-state index in [1.54, 1.807) is 0 Å². The highest BCUT2D eigenvalue weighted by Crippen LogP contribution is 1.99. The van der Waals surface area contributed by atoms with E-state index in [0.717, 1.165) is 12.8 Å². The van der Waals surface area contributed by atoms with Gasteiger partial charge in [-0.2, -0.15) is 0 Å². The molecular weight excluding hydrogens is 240 g/mol. The van der Waals surface area contributed by atoms with Crippen LogP contribution in [0.1, 0.15) is 39.5 Å². The zero-order valence-electron chi connectivity index (χ0n) is 10.6. The molecule has 2 amide bonds. The predicted octanol–water partition coefficient (Wildman–Crippen LogP) is 0.792. The highest BCUT2D eigenvalue weighted by molar-refractivity contribution is 5.83. The van der Waals surface area contributed by atoms with Gasteiger partial charge < -0.3 is 20.8 Å². The molecule has 0 aromatic rings. The Hall–Kier alpha value is -1.79. The lowest BCUT2D eigenvalue weighted by atomic mass is 10.1. The fourth-order valence-electron chi connectivity index (χ4n) is 1.45. The first-order valence-electron chi connectivity index (χ1n) is 5.88. The number of hydrogen-bond donors (Lipinski definition) is 4. The maximum atomic E-state index is 11.5. The fraction of sp³-hybridized carbons (Fsp3) is 0.727. The van der Waals surface area contributed by atoms with E-state index in [9.17, 15) is 14.4 Å². The van der Waals surface area contributed by atoms with Crippen molar-refractivity contribution in [1.82, 2.24) is 10.6 Å². The van der Waals surface area contributed by atoms with Crippen LogP contribution < -0.4 is 10.6 Å². The van der Waals surface area contributed by atoms with E-state index in [1.807, 2.05) is 13.8 Å². The summed E-state index contributed by atoms with van der Waals surface area (Å²) in [5.74, 6) is -2.34.